The molecule has 170 valence electrons. The van der Waals surface area contributed by atoms with Crippen molar-refractivity contribution >= 4 is 39.9 Å². The maximum atomic E-state index is 13.3. The lowest BCUT2D eigenvalue weighted by atomic mass is 9.95. The Bertz CT molecular complexity index is 1340. The van der Waals surface area contributed by atoms with Crippen molar-refractivity contribution in [2.75, 3.05) is 10.2 Å². The fourth-order valence-corrected chi connectivity index (χ4v) is 3.96. The first-order valence-corrected chi connectivity index (χ1v) is 10.5. The van der Waals surface area contributed by atoms with Crippen molar-refractivity contribution in [2.24, 2.45) is 7.05 Å². The lowest BCUT2D eigenvalue weighted by Crippen LogP contribution is -2.60. The van der Waals surface area contributed by atoms with Gasteiger partial charge in [0.1, 0.15) is 5.54 Å². The van der Waals surface area contributed by atoms with Gasteiger partial charge in [0.05, 0.1) is 28.9 Å². The fraction of sp³-hybridized carbons (Fsp3) is 0.292. The molecule has 1 atom stereocenters. The van der Waals surface area contributed by atoms with E-state index in [-0.39, 0.29) is 17.9 Å². The van der Waals surface area contributed by atoms with Gasteiger partial charge in [0.15, 0.2) is 6.10 Å². The molecule has 9 nitrogen and oxygen atoms in total. The number of nitrogens with one attached hydrogen (secondary N) is 1. The number of hydrogen-bond acceptors (Lipinski definition) is 6. The summed E-state index contributed by atoms with van der Waals surface area (Å²) in [4.78, 5) is 52.3. The molecule has 9 heteroatoms. The molecule has 0 spiro atoms. The number of esters is 1. The molecule has 0 aliphatic carbocycles. The average Bonchev–Trinajstić information content (AvgIpc) is 2.77. The lowest BCUT2D eigenvalue weighted by Gasteiger charge is -2.42. The highest BCUT2D eigenvalue weighted by Crippen LogP contribution is 2.37. The van der Waals surface area contributed by atoms with Gasteiger partial charge < -0.3 is 10.1 Å². The van der Waals surface area contributed by atoms with Crippen LogP contribution in [0.15, 0.2) is 53.3 Å². The van der Waals surface area contributed by atoms with Crippen LogP contribution < -0.4 is 15.8 Å². The van der Waals surface area contributed by atoms with E-state index in [4.69, 9.17) is 4.74 Å². The number of aromatic nitrogens is 2. The molecule has 0 unspecified atom stereocenters. The molecule has 3 aromatic rings. The highest BCUT2D eigenvalue weighted by Gasteiger charge is 2.45. The molecule has 1 aliphatic rings. The van der Waals surface area contributed by atoms with Crippen LogP contribution in [0, 0.1) is 0 Å². The second kappa shape index (κ2) is 8.16. The van der Waals surface area contributed by atoms with Crippen LogP contribution in [0.25, 0.3) is 10.8 Å². The Hall–Kier alpha value is -4.01. The highest BCUT2D eigenvalue weighted by atomic mass is 16.5. The molecule has 0 saturated carbocycles. The third-order valence-corrected chi connectivity index (χ3v) is 5.73. The number of benzene rings is 2. The topological polar surface area (TPSA) is 111 Å². The number of fused-ring (bicyclic) bond motifs is 2. The van der Waals surface area contributed by atoms with Gasteiger partial charge in [0.25, 0.3) is 11.5 Å². The first-order valence-electron chi connectivity index (χ1n) is 10.5. The largest absolute Gasteiger partial charge is 0.452 e. The predicted molar refractivity (Wildman–Crippen MR) is 123 cm³/mol. The third kappa shape index (κ3) is 3.86. The monoisotopic (exact) mass is 448 g/mol. The minimum absolute atomic E-state index is 0.216. The number of amides is 2. The van der Waals surface area contributed by atoms with Gasteiger partial charge in [0.2, 0.25) is 5.91 Å². The zero-order valence-corrected chi connectivity index (χ0v) is 18.8. The average molecular weight is 448 g/mol. The van der Waals surface area contributed by atoms with Crippen molar-refractivity contribution in [3.05, 3.63) is 64.6 Å². The Balaban J connectivity index is 1.57. The zero-order valence-electron chi connectivity index (χ0n) is 18.8. The van der Waals surface area contributed by atoms with E-state index in [1.807, 2.05) is 0 Å². The summed E-state index contributed by atoms with van der Waals surface area (Å²) in [5.41, 5.74) is -0.0344. The number of aryl methyl sites for hydroxylation is 1. The van der Waals surface area contributed by atoms with Crippen LogP contribution in [-0.2, 0) is 32.6 Å². The van der Waals surface area contributed by atoms with E-state index in [1.165, 1.54) is 23.6 Å². The van der Waals surface area contributed by atoms with Crippen LogP contribution >= 0.6 is 0 Å². The summed E-state index contributed by atoms with van der Waals surface area (Å²) in [6, 6.07) is 13.8. The van der Waals surface area contributed by atoms with Crippen LogP contribution in [0.4, 0.5) is 11.4 Å². The quantitative estimate of drug-likeness (QED) is 0.613. The molecule has 1 aromatic heterocycles. The van der Waals surface area contributed by atoms with Crippen molar-refractivity contribution in [3.8, 4) is 0 Å². The Morgan fingerprint density at radius 2 is 1.70 bits per heavy atom. The van der Waals surface area contributed by atoms with E-state index in [0.717, 1.165) is 0 Å². The predicted octanol–water partition coefficient (Wildman–Crippen LogP) is 2.17. The zero-order chi connectivity index (χ0) is 23.9. The number of anilines is 2. The van der Waals surface area contributed by atoms with Crippen LogP contribution in [0.5, 0.6) is 0 Å². The second-order valence-corrected chi connectivity index (χ2v) is 8.43. The van der Waals surface area contributed by atoms with E-state index in [0.29, 0.717) is 27.8 Å². The molecule has 0 radical (unpaired) electrons. The van der Waals surface area contributed by atoms with Gasteiger partial charge in [0, 0.05) is 12.4 Å². The molecule has 1 aliphatic heterocycles. The van der Waals surface area contributed by atoms with E-state index in [1.54, 1.807) is 62.4 Å². The van der Waals surface area contributed by atoms with Gasteiger partial charge in [-0.3, -0.25) is 24.1 Å². The summed E-state index contributed by atoms with van der Waals surface area (Å²) >= 11 is 0. The first-order chi connectivity index (χ1) is 15.6. The number of nitrogens with zero attached hydrogens (tertiary/aromatic N) is 3. The molecule has 1 N–H and O–H groups in total. The normalized spacial score (nSPS) is 15.5. The second-order valence-electron chi connectivity index (χ2n) is 8.43. The minimum atomic E-state index is -1.18. The number of carbonyl (C=O) groups excluding carboxylic acids is 3. The van der Waals surface area contributed by atoms with Gasteiger partial charge in [-0.25, -0.2) is 4.68 Å². The highest BCUT2D eigenvalue weighted by molar-refractivity contribution is 6.15. The lowest BCUT2D eigenvalue weighted by molar-refractivity contribution is -0.153. The van der Waals surface area contributed by atoms with Crippen molar-refractivity contribution in [1.29, 1.82) is 0 Å². The minimum Gasteiger partial charge on any atom is -0.452 e. The van der Waals surface area contributed by atoms with E-state index >= 15 is 0 Å². The summed E-state index contributed by atoms with van der Waals surface area (Å²) in [5.74, 6) is -1.53. The number of carbonyl (C=O) groups is 3. The summed E-state index contributed by atoms with van der Waals surface area (Å²) in [6.07, 6.45) is -1.36. The summed E-state index contributed by atoms with van der Waals surface area (Å²) < 4.78 is 6.61. The standard InChI is InChI=1S/C24H24N4O5/c1-14(21(30)28-19-12-8-7-11-17(19)25-23(32)24(28,2)3)33-20(29)13-18-15-9-5-6-10-16(15)22(31)27(4)26-18/h5-12,14H,13H2,1-4H3,(H,25,32)/t14-/m0/s1. The Kier molecular flexibility index (Phi) is 5.49. The number of para-hydroxylation sites is 2. The molecule has 0 bridgehead atoms. The Morgan fingerprint density at radius 3 is 2.42 bits per heavy atom. The maximum absolute atomic E-state index is 13.3. The molecule has 2 amide bonds. The Labute approximate surface area is 190 Å². The van der Waals surface area contributed by atoms with Gasteiger partial charge >= 0.3 is 5.97 Å². The Morgan fingerprint density at radius 1 is 1.06 bits per heavy atom. The summed E-state index contributed by atoms with van der Waals surface area (Å²) in [7, 11) is 1.51. The molecular weight excluding hydrogens is 424 g/mol. The fourth-order valence-electron chi connectivity index (χ4n) is 3.96. The molecule has 2 aromatic carbocycles. The van der Waals surface area contributed by atoms with Crippen LogP contribution in [0.3, 0.4) is 0 Å². The van der Waals surface area contributed by atoms with Crippen molar-refractivity contribution in [3.63, 3.8) is 0 Å². The smallest absolute Gasteiger partial charge is 0.312 e. The van der Waals surface area contributed by atoms with Crippen molar-refractivity contribution in [2.45, 2.75) is 38.8 Å². The van der Waals surface area contributed by atoms with Crippen LogP contribution in [0.2, 0.25) is 0 Å². The molecule has 0 fully saturated rings. The van der Waals surface area contributed by atoms with Gasteiger partial charge in [-0.2, -0.15) is 5.10 Å². The van der Waals surface area contributed by atoms with E-state index in [2.05, 4.69) is 10.4 Å². The molecule has 2 heterocycles. The third-order valence-electron chi connectivity index (χ3n) is 5.73. The van der Waals surface area contributed by atoms with Crippen molar-refractivity contribution < 1.29 is 19.1 Å². The molecule has 4 rings (SSSR count). The van der Waals surface area contributed by atoms with E-state index < -0.39 is 23.5 Å². The van der Waals surface area contributed by atoms with Crippen LogP contribution in [-0.4, -0.2) is 39.2 Å². The van der Waals surface area contributed by atoms with Crippen molar-refractivity contribution in [1.82, 2.24) is 9.78 Å². The number of rotatable bonds is 4. The number of ether oxygens (including phenoxy) is 1. The van der Waals surface area contributed by atoms with E-state index in [9.17, 15) is 19.2 Å². The van der Waals surface area contributed by atoms with Gasteiger partial charge in [-0.1, -0.05) is 30.3 Å². The molecule has 0 saturated heterocycles. The number of hydrogen-bond donors (Lipinski definition) is 1. The first kappa shape index (κ1) is 22.2. The molecular formula is C24H24N4O5. The maximum Gasteiger partial charge on any atom is 0.312 e. The summed E-state index contributed by atoms with van der Waals surface area (Å²) in [6.45, 7) is 4.73. The van der Waals surface area contributed by atoms with Gasteiger partial charge in [-0.05, 0) is 39.0 Å². The summed E-state index contributed by atoms with van der Waals surface area (Å²) in [5, 5.41) is 8.00. The molecule has 33 heavy (non-hydrogen) atoms. The van der Waals surface area contributed by atoms with Crippen LogP contribution in [0.1, 0.15) is 26.5 Å². The van der Waals surface area contributed by atoms with Gasteiger partial charge in [-0.15, -0.1) is 0 Å². The SMILES string of the molecule is C[C@H](OC(=O)Cc1nn(C)c(=O)c2ccccc12)C(=O)N1c2ccccc2NC(=O)C1(C)C.